The lowest BCUT2D eigenvalue weighted by Gasteiger charge is -2.32. The van der Waals surface area contributed by atoms with E-state index in [4.69, 9.17) is 0 Å². The third-order valence-corrected chi connectivity index (χ3v) is 3.98. The molecule has 1 aliphatic heterocycles. The van der Waals surface area contributed by atoms with Crippen LogP contribution in [0.3, 0.4) is 0 Å². The summed E-state index contributed by atoms with van der Waals surface area (Å²) in [5.41, 5.74) is 2.14. The highest BCUT2D eigenvalue weighted by atomic mass is 15.5. The van der Waals surface area contributed by atoms with E-state index in [-0.39, 0.29) is 0 Å². The second-order valence-corrected chi connectivity index (χ2v) is 5.56. The van der Waals surface area contributed by atoms with Gasteiger partial charge in [-0.3, -0.25) is 0 Å². The highest BCUT2D eigenvalue weighted by Crippen LogP contribution is 2.18. The number of nitrogens with zero attached hydrogens (tertiary/aromatic N) is 5. The standard InChI is InChI=1S/C15H22N6/c1-2-9-20-10-7-14(8-11-20)17-13-3-5-15(6-4-13)21-12-16-18-19-21/h3-6,12,14,17H,2,7-11H2,1H3. The molecule has 0 bridgehead atoms. The van der Waals surface area contributed by atoms with Crippen LogP contribution in [0.2, 0.25) is 0 Å². The largest absolute Gasteiger partial charge is 0.382 e. The van der Waals surface area contributed by atoms with Crippen molar-refractivity contribution in [2.24, 2.45) is 0 Å². The highest BCUT2D eigenvalue weighted by Gasteiger charge is 2.18. The number of aromatic nitrogens is 4. The first-order valence-corrected chi connectivity index (χ1v) is 7.67. The quantitative estimate of drug-likeness (QED) is 0.910. The summed E-state index contributed by atoms with van der Waals surface area (Å²) in [4.78, 5) is 2.55. The molecule has 1 saturated heterocycles. The molecule has 0 unspecified atom stereocenters. The fourth-order valence-electron chi connectivity index (χ4n) is 2.84. The Balaban J connectivity index is 1.54. The van der Waals surface area contributed by atoms with E-state index in [0.717, 1.165) is 5.69 Å². The Kier molecular flexibility index (Phi) is 4.45. The minimum atomic E-state index is 0.581. The fourth-order valence-corrected chi connectivity index (χ4v) is 2.84. The molecule has 1 aliphatic rings. The maximum absolute atomic E-state index is 3.89. The lowest BCUT2D eigenvalue weighted by molar-refractivity contribution is 0.219. The number of piperidine rings is 1. The molecular weight excluding hydrogens is 264 g/mol. The van der Waals surface area contributed by atoms with Crippen LogP contribution in [0.25, 0.3) is 5.69 Å². The summed E-state index contributed by atoms with van der Waals surface area (Å²) in [5.74, 6) is 0. The molecule has 1 aromatic carbocycles. The lowest BCUT2D eigenvalue weighted by atomic mass is 10.0. The Morgan fingerprint density at radius 3 is 2.57 bits per heavy atom. The number of likely N-dealkylation sites (tertiary alicyclic amines) is 1. The number of hydrogen-bond acceptors (Lipinski definition) is 5. The van der Waals surface area contributed by atoms with Gasteiger partial charge in [-0.15, -0.1) is 5.10 Å². The summed E-state index contributed by atoms with van der Waals surface area (Å²) in [6.45, 7) is 5.88. The molecule has 1 aromatic heterocycles. The van der Waals surface area contributed by atoms with Gasteiger partial charge in [0.2, 0.25) is 0 Å². The second-order valence-electron chi connectivity index (χ2n) is 5.56. The zero-order valence-corrected chi connectivity index (χ0v) is 12.4. The van der Waals surface area contributed by atoms with E-state index in [1.165, 1.54) is 44.6 Å². The van der Waals surface area contributed by atoms with Crippen LogP contribution >= 0.6 is 0 Å². The number of hydrogen-bond donors (Lipinski definition) is 1. The molecule has 1 N–H and O–H groups in total. The van der Waals surface area contributed by atoms with Crippen molar-refractivity contribution >= 4 is 5.69 Å². The van der Waals surface area contributed by atoms with Crippen LogP contribution in [0.1, 0.15) is 26.2 Å². The van der Waals surface area contributed by atoms with Crippen LogP contribution < -0.4 is 5.32 Å². The van der Waals surface area contributed by atoms with E-state index in [1.807, 2.05) is 12.1 Å². The first-order valence-electron chi connectivity index (χ1n) is 7.67. The van der Waals surface area contributed by atoms with Gasteiger partial charge in [0.1, 0.15) is 6.33 Å². The van der Waals surface area contributed by atoms with E-state index < -0.39 is 0 Å². The van der Waals surface area contributed by atoms with Gasteiger partial charge in [0.15, 0.2) is 0 Å². The smallest absolute Gasteiger partial charge is 0.143 e. The molecule has 6 nitrogen and oxygen atoms in total. The first-order chi connectivity index (χ1) is 10.3. The predicted molar refractivity (Wildman–Crippen MR) is 82.5 cm³/mol. The zero-order chi connectivity index (χ0) is 14.5. The van der Waals surface area contributed by atoms with Gasteiger partial charge in [0, 0.05) is 24.8 Å². The van der Waals surface area contributed by atoms with E-state index >= 15 is 0 Å². The number of tetrazole rings is 1. The topological polar surface area (TPSA) is 58.9 Å². The minimum absolute atomic E-state index is 0.581. The Bertz CT molecular complexity index is 528. The Morgan fingerprint density at radius 2 is 1.95 bits per heavy atom. The highest BCUT2D eigenvalue weighted by molar-refractivity contribution is 5.49. The molecule has 21 heavy (non-hydrogen) atoms. The van der Waals surface area contributed by atoms with Crippen LogP contribution in [0.5, 0.6) is 0 Å². The van der Waals surface area contributed by atoms with Gasteiger partial charge in [0.05, 0.1) is 5.69 Å². The summed E-state index contributed by atoms with van der Waals surface area (Å²) in [6.07, 6.45) is 5.28. The molecular formula is C15H22N6. The molecule has 112 valence electrons. The van der Waals surface area contributed by atoms with Crippen LogP contribution in [-0.4, -0.2) is 50.8 Å². The molecule has 0 saturated carbocycles. The van der Waals surface area contributed by atoms with E-state index in [0.29, 0.717) is 6.04 Å². The van der Waals surface area contributed by atoms with E-state index in [2.05, 4.69) is 44.8 Å². The van der Waals surface area contributed by atoms with Gasteiger partial charge >= 0.3 is 0 Å². The van der Waals surface area contributed by atoms with Crippen molar-refractivity contribution in [3.05, 3.63) is 30.6 Å². The number of rotatable bonds is 5. The maximum atomic E-state index is 3.89. The van der Waals surface area contributed by atoms with Crippen molar-refractivity contribution in [3.63, 3.8) is 0 Å². The van der Waals surface area contributed by atoms with Crippen LogP contribution in [0, 0.1) is 0 Å². The predicted octanol–water partition coefficient (Wildman–Crippen LogP) is 1.95. The molecule has 1 fully saturated rings. The van der Waals surface area contributed by atoms with Crippen LogP contribution in [0.4, 0.5) is 5.69 Å². The summed E-state index contributed by atoms with van der Waals surface area (Å²) in [7, 11) is 0. The van der Waals surface area contributed by atoms with Crippen LogP contribution in [0.15, 0.2) is 30.6 Å². The molecule has 3 rings (SSSR count). The Hall–Kier alpha value is -1.95. The summed E-state index contributed by atoms with van der Waals surface area (Å²) >= 11 is 0. The molecule has 2 heterocycles. The summed E-state index contributed by atoms with van der Waals surface area (Å²) in [6, 6.07) is 8.83. The number of anilines is 1. The molecule has 0 aliphatic carbocycles. The number of benzene rings is 1. The van der Waals surface area contributed by atoms with Gasteiger partial charge < -0.3 is 10.2 Å². The summed E-state index contributed by atoms with van der Waals surface area (Å²) in [5, 5.41) is 14.8. The molecule has 0 radical (unpaired) electrons. The van der Waals surface area contributed by atoms with Crippen LogP contribution in [-0.2, 0) is 0 Å². The van der Waals surface area contributed by atoms with Crippen molar-refractivity contribution in [1.82, 2.24) is 25.1 Å². The molecule has 0 atom stereocenters. The molecule has 0 spiro atoms. The lowest BCUT2D eigenvalue weighted by Crippen LogP contribution is -2.39. The number of nitrogens with one attached hydrogen (secondary N) is 1. The maximum Gasteiger partial charge on any atom is 0.143 e. The first kappa shape index (κ1) is 14.0. The molecule has 0 amide bonds. The minimum Gasteiger partial charge on any atom is -0.382 e. The zero-order valence-electron chi connectivity index (χ0n) is 12.4. The van der Waals surface area contributed by atoms with Gasteiger partial charge in [-0.25, -0.2) is 4.68 Å². The summed E-state index contributed by atoms with van der Waals surface area (Å²) < 4.78 is 1.66. The van der Waals surface area contributed by atoms with Crippen molar-refractivity contribution in [2.45, 2.75) is 32.2 Å². The third kappa shape index (κ3) is 3.58. The monoisotopic (exact) mass is 286 g/mol. The van der Waals surface area contributed by atoms with E-state index in [9.17, 15) is 0 Å². The second kappa shape index (κ2) is 6.67. The van der Waals surface area contributed by atoms with Gasteiger partial charge in [-0.2, -0.15) is 0 Å². The SMILES string of the molecule is CCCN1CCC(Nc2ccc(-n3cnnn3)cc2)CC1. The van der Waals surface area contributed by atoms with Crippen molar-refractivity contribution in [1.29, 1.82) is 0 Å². The average molecular weight is 286 g/mol. The molecule has 6 heteroatoms. The van der Waals surface area contributed by atoms with Gasteiger partial charge in [0.25, 0.3) is 0 Å². The fraction of sp³-hybridized carbons (Fsp3) is 0.533. The normalized spacial score (nSPS) is 17.0. The van der Waals surface area contributed by atoms with Crippen molar-refractivity contribution < 1.29 is 0 Å². The van der Waals surface area contributed by atoms with Gasteiger partial charge in [-0.1, -0.05) is 6.92 Å². The Labute approximate surface area is 125 Å². The van der Waals surface area contributed by atoms with Gasteiger partial charge in [-0.05, 0) is 60.5 Å². The van der Waals surface area contributed by atoms with Crippen molar-refractivity contribution in [3.8, 4) is 5.69 Å². The van der Waals surface area contributed by atoms with E-state index in [1.54, 1.807) is 11.0 Å². The Morgan fingerprint density at radius 1 is 1.19 bits per heavy atom. The molecule has 2 aromatic rings. The average Bonchev–Trinajstić information content (AvgIpc) is 3.05. The van der Waals surface area contributed by atoms with Crippen molar-refractivity contribution in [2.75, 3.05) is 25.0 Å². The third-order valence-electron chi connectivity index (χ3n) is 3.98.